The van der Waals surface area contributed by atoms with Crippen molar-refractivity contribution in [1.29, 1.82) is 0 Å². The van der Waals surface area contributed by atoms with Crippen molar-refractivity contribution < 1.29 is 19.4 Å². The maximum Gasteiger partial charge on any atom is 0.421 e. The van der Waals surface area contributed by atoms with Crippen molar-refractivity contribution in [2.75, 3.05) is 6.54 Å². The molecule has 0 saturated carbocycles. The zero-order valence-electron chi connectivity index (χ0n) is 8.55. The maximum atomic E-state index is 11.5. The molecular weight excluding hydrogens is 210 g/mol. The van der Waals surface area contributed by atoms with Crippen LogP contribution in [0.15, 0.2) is 24.3 Å². The Labute approximate surface area is 92.2 Å². The van der Waals surface area contributed by atoms with Crippen LogP contribution in [0, 0.1) is 0 Å². The van der Waals surface area contributed by atoms with E-state index < -0.39 is 6.09 Å². The number of likely N-dealkylation sites (tertiary alicyclic amines) is 1. The van der Waals surface area contributed by atoms with Crippen LogP contribution in [0.1, 0.15) is 12.8 Å². The number of hydrogen-bond donors (Lipinski definition) is 1. The van der Waals surface area contributed by atoms with Crippen LogP contribution in [-0.2, 0) is 4.79 Å². The number of nitrogens with zero attached hydrogens (tertiary/aromatic N) is 1. The topological polar surface area (TPSA) is 66.8 Å². The third kappa shape index (κ3) is 2.13. The van der Waals surface area contributed by atoms with Crippen LogP contribution in [0.4, 0.5) is 4.79 Å². The summed E-state index contributed by atoms with van der Waals surface area (Å²) in [5, 5.41) is 9.04. The largest absolute Gasteiger partial charge is 0.508 e. The molecule has 1 aliphatic heterocycles. The summed E-state index contributed by atoms with van der Waals surface area (Å²) in [4.78, 5) is 23.9. The van der Waals surface area contributed by atoms with Crippen molar-refractivity contribution in [3.63, 3.8) is 0 Å². The molecule has 1 fully saturated rings. The summed E-state index contributed by atoms with van der Waals surface area (Å²) in [6.07, 6.45) is 0.418. The van der Waals surface area contributed by atoms with E-state index in [2.05, 4.69) is 0 Å². The van der Waals surface area contributed by atoms with Gasteiger partial charge in [0.15, 0.2) is 0 Å². The molecule has 84 valence electrons. The molecule has 1 heterocycles. The van der Waals surface area contributed by atoms with Gasteiger partial charge in [0.25, 0.3) is 0 Å². The van der Waals surface area contributed by atoms with Gasteiger partial charge in [-0.15, -0.1) is 0 Å². The second-order valence-corrected chi connectivity index (χ2v) is 3.51. The molecule has 16 heavy (non-hydrogen) atoms. The molecule has 1 aromatic rings. The van der Waals surface area contributed by atoms with Crippen molar-refractivity contribution in [2.45, 2.75) is 12.8 Å². The van der Waals surface area contributed by atoms with Gasteiger partial charge in [-0.05, 0) is 30.7 Å². The number of imide groups is 1. The van der Waals surface area contributed by atoms with E-state index in [1.165, 1.54) is 24.3 Å². The van der Waals surface area contributed by atoms with E-state index >= 15 is 0 Å². The van der Waals surface area contributed by atoms with Crippen LogP contribution < -0.4 is 4.74 Å². The minimum atomic E-state index is -0.659. The summed E-state index contributed by atoms with van der Waals surface area (Å²) in [6, 6.07) is 5.75. The minimum absolute atomic E-state index is 0.0945. The van der Waals surface area contributed by atoms with Crippen LogP contribution in [0.3, 0.4) is 0 Å². The maximum absolute atomic E-state index is 11.5. The van der Waals surface area contributed by atoms with Gasteiger partial charge in [-0.2, -0.15) is 0 Å². The fourth-order valence-corrected chi connectivity index (χ4v) is 1.51. The molecule has 5 heteroatoms. The molecule has 1 aromatic carbocycles. The van der Waals surface area contributed by atoms with Crippen LogP contribution in [0.2, 0.25) is 0 Å². The molecule has 0 aliphatic carbocycles. The molecule has 1 N–H and O–H groups in total. The van der Waals surface area contributed by atoms with Crippen molar-refractivity contribution in [1.82, 2.24) is 4.90 Å². The predicted molar refractivity (Wildman–Crippen MR) is 55.1 cm³/mol. The van der Waals surface area contributed by atoms with Gasteiger partial charge in [-0.25, -0.2) is 9.69 Å². The molecule has 1 saturated heterocycles. The normalized spacial score (nSPS) is 15.2. The summed E-state index contributed by atoms with van der Waals surface area (Å²) in [5.41, 5.74) is 0. The number of ether oxygens (including phenoxy) is 1. The SMILES string of the molecule is O=C1CCCN1C(=O)Oc1ccc(O)cc1. The van der Waals surface area contributed by atoms with Gasteiger partial charge in [-0.1, -0.05) is 0 Å². The third-order valence-electron chi connectivity index (χ3n) is 2.34. The van der Waals surface area contributed by atoms with E-state index in [1.54, 1.807) is 0 Å². The van der Waals surface area contributed by atoms with Gasteiger partial charge in [0.2, 0.25) is 5.91 Å². The highest BCUT2D eigenvalue weighted by Gasteiger charge is 2.27. The molecule has 0 atom stereocenters. The summed E-state index contributed by atoms with van der Waals surface area (Å²) in [5.74, 6) is 0.198. The smallest absolute Gasteiger partial charge is 0.421 e. The molecule has 0 unspecified atom stereocenters. The molecule has 2 rings (SSSR count). The zero-order valence-corrected chi connectivity index (χ0v) is 8.55. The van der Waals surface area contributed by atoms with E-state index in [0.717, 1.165) is 4.90 Å². The number of phenols is 1. The third-order valence-corrected chi connectivity index (χ3v) is 2.34. The van der Waals surface area contributed by atoms with Crippen LogP contribution in [-0.4, -0.2) is 28.6 Å². The molecule has 2 amide bonds. The zero-order chi connectivity index (χ0) is 11.5. The monoisotopic (exact) mass is 221 g/mol. The highest BCUT2D eigenvalue weighted by atomic mass is 16.6. The first kappa shape index (κ1) is 10.5. The Hall–Kier alpha value is -2.04. The van der Waals surface area contributed by atoms with Gasteiger partial charge in [0.1, 0.15) is 11.5 Å². The van der Waals surface area contributed by atoms with Crippen LogP contribution in [0.5, 0.6) is 11.5 Å². The molecule has 1 aliphatic rings. The van der Waals surface area contributed by atoms with Gasteiger partial charge in [0, 0.05) is 13.0 Å². The van der Waals surface area contributed by atoms with Gasteiger partial charge >= 0.3 is 6.09 Å². The van der Waals surface area contributed by atoms with E-state index in [4.69, 9.17) is 9.84 Å². The molecule has 0 bridgehead atoms. The fourth-order valence-electron chi connectivity index (χ4n) is 1.51. The second kappa shape index (κ2) is 4.22. The number of amides is 2. The summed E-state index contributed by atoms with van der Waals surface area (Å²) in [7, 11) is 0. The standard InChI is InChI=1S/C11H11NO4/c13-8-3-5-9(6-4-8)16-11(15)12-7-1-2-10(12)14/h3-6,13H,1-2,7H2. The first-order valence-electron chi connectivity index (χ1n) is 4.98. The van der Waals surface area contributed by atoms with Crippen molar-refractivity contribution >= 4 is 12.0 Å². The molecular formula is C11H11NO4. The minimum Gasteiger partial charge on any atom is -0.508 e. The number of rotatable bonds is 1. The van der Waals surface area contributed by atoms with E-state index in [1.807, 2.05) is 0 Å². The Morgan fingerprint density at radius 3 is 2.56 bits per heavy atom. The number of phenolic OH excluding ortho intramolecular Hbond substituents is 1. The lowest BCUT2D eigenvalue weighted by Gasteiger charge is -2.13. The Morgan fingerprint density at radius 2 is 2.00 bits per heavy atom. The van der Waals surface area contributed by atoms with E-state index in [0.29, 0.717) is 25.1 Å². The van der Waals surface area contributed by atoms with Crippen molar-refractivity contribution in [3.8, 4) is 11.5 Å². The first-order valence-corrected chi connectivity index (χ1v) is 4.98. The summed E-state index contributed by atoms with van der Waals surface area (Å²) in [6.45, 7) is 0.412. The average molecular weight is 221 g/mol. The first-order chi connectivity index (χ1) is 7.66. The van der Waals surface area contributed by atoms with Gasteiger partial charge in [0.05, 0.1) is 0 Å². The summed E-state index contributed by atoms with van der Waals surface area (Å²) >= 11 is 0. The number of carbonyl (C=O) groups excluding carboxylic acids is 2. The van der Waals surface area contributed by atoms with Crippen LogP contribution >= 0.6 is 0 Å². The fraction of sp³-hybridized carbons (Fsp3) is 0.273. The molecule has 5 nitrogen and oxygen atoms in total. The molecule has 0 spiro atoms. The molecule has 0 aromatic heterocycles. The molecule has 0 radical (unpaired) electrons. The van der Waals surface area contributed by atoms with Gasteiger partial charge < -0.3 is 9.84 Å². The van der Waals surface area contributed by atoms with Crippen LogP contribution in [0.25, 0.3) is 0 Å². The number of carbonyl (C=O) groups is 2. The van der Waals surface area contributed by atoms with E-state index in [9.17, 15) is 9.59 Å². The Kier molecular flexibility index (Phi) is 2.76. The quantitative estimate of drug-likeness (QED) is 0.780. The lowest BCUT2D eigenvalue weighted by molar-refractivity contribution is -0.125. The number of aromatic hydroxyl groups is 1. The predicted octanol–water partition coefficient (Wildman–Crippen LogP) is 1.51. The Morgan fingerprint density at radius 1 is 1.31 bits per heavy atom. The second-order valence-electron chi connectivity index (χ2n) is 3.51. The number of benzene rings is 1. The van der Waals surface area contributed by atoms with Crippen molar-refractivity contribution in [2.24, 2.45) is 0 Å². The van der Waals surface area contributed by atoms with Crippen molar-refractivity contribution in [3.05, 3.63) is 24.3 Å². The Balaban J connectivity index is 2.02. The Bertz CT molecular complexity index is 412. The average Bonchev–Trinajstić information content (AvgIpc) is 2.68. The lowest BCUT2D eigenvalue weighted by atomic mass is 10.3. The lowest BCUT2D eigenvalue weighted by Crippen LogP contribution is -2.34. The van der Waals surface area contributed by atoms with Gasteiger partial charge in [-0.3, -0.25) is 4.79 Å². The highest BCUT2D eigenvalue weighted by Crippen LogP contribution is 2.18. The number of hydrogen-bond acceptors (Lipinski definition) is 4. The summed E-state index contributed by atoms with van der Waals surface area (Å²) < 4.78 is 4.98. The highest BCUT2D eigenvalue weighted by molar-refractivity contribution is 5.94. The van der Waals surface area contributed by atoms with E-state index in [-0.39, 0.29) is 11.7 Å².